The molecule has 1 fully saturated rings. The maximum absolute atomic E-state index is 12.3. The summed E-state index contributed by atoms with van der Waals surface area (Å²) in [5.74, 6) is -0.153. The van der Waals surface area contributed by atoms with Crippen molar-refractivity contribution in [3.63, 3.8) is 0 Å². The molecule has 0 unspecified atom stereocenters. The molecular weight excluding hydrogens is 304 g/mol. The molecular formula is C15H23ClN4O2. The second kappa shape index (κ2) is 8.00. The molecule has 1 aliphatic rings. The van der Waals surface area contributed by atoms with Gasteiger partial charge in [-0.3, -0.25) is 4.79 Å². The highest BCUT2D eigenvalue weighted by atomic mass is 35.5. The number of benzene rings is 1. The van der Waals surface area contributed by atoms with E-state index in [1.54, 1.807) is 31.3 Å². The van der Waals surface area contributed by atoms with Crippen LogP contribution in [0, 0.1) is 0 Å². The second-order valence-electron chi connectivity index (χ2n) is 5.46. The normalized spacial score (nSPS) is 16.1. The molecule has 122 valence electrons. The summed E-state index contributed by atoms with van der Waals surface area (Å²) in [6.07, 6.45) is 4.55. The molecule has 0 heterocycles. The first-order valence-electron chi connectivity index (χ1n) is 7.23. The first-order chi connectivity index (χ1) is 10.0. The Morgan fingerprint density at radius 3 is 2.27 bits per heavy atom. The van der Waals surface area contributed by atoms with E-state index in [9.17, 15) is 9.59 Å². The maximum atomic E-state index is 12.3. The van der Waals surface area contributed by atoms with Crippen LogP contribution in [-0.2, 0) is 4.79 Å². The predicted octanol–water partition coefficient (Wildman–Crippen LogP) is 2.46. The van der Waals surface area contributed by atoms with Crippen LogP contribution in [0.4, 0.5) is 16.2 Å². The lowest BCUT2D eigenvalue weighted by Crippen LogP contribution is -2.52. The summed E-state index contributed by atoms with van der Waals surface area (Å²) in [7, 11) is 1.54. The van der Waals surface area contributed by atoms with Gasteiger partial charge >= 0.3 is 6.03 Å². The summed E-state index contributed by atoms with van der Waals surface area (Å²) < 4.78 is 0. The SMILES string of the molecule is CNC(=O)Nc1cccc(NC(=O)C2(N)CCCCC2)c1.Cl. The quantitative estimate of drug-likeness (QED) is 0.687. The Morgan fingerprint density at radius 1 is 1.09 bits per heavy atom. The number of rotatable bonds is 3. The van der Waals surface area contributed by atoms with E-state index in [2.05, 4.69) is 16.0 Å². The van der Waals surface area contributed by atoms with Gasteiger partial charge in [-0.25, -0.2) is 4.79 Å². The summed E-state index contributed by atoms with van der Waals surface area (Å²) in [6, 6.07) is 6.70. The van der Waals surface area contributed by atoms with E-state index in [4.69, 9.17) is 5.73 Å². The van der Waals surface area contributed by atoms with E-state index in [1.165, 1.54) is 0 Å². The van der Waals surface area contributed by atoms with Gasteiger partial charge < -0.3 is 21.7 Å². The fourth-order valence-electron chi connectivity index (χ4n) is 2.53. The van der Waals surface area contributed by atoms with Crippen LogP contribution in [0.2, 0.25) is 0 Å². The Morgan fingerprint density at radius 2 is 1.68 bits per heavy atom. The molecule has 0 radical (unpaired) electrons. The molecule has 0 bridgehead atoms. The largest absolute Gasteiger partial charge is 0.341 e. The van der Waals surface area contributed by atoms with Gasteiger partial charge in [0, 0.05) is 18.4 Å². The minimum absolute atomic E-state index is 0. The molecule has 1 saturated carbocycles. The minimum atomic E-state index is -0.775. The van der Waals surface area contributed by atoms with E-state index in [-0.39, 0.29) is 24.3 Å². The lowest BCUT2D eigenvalue weighted by molar-refractivity contribution is -0.122. The molecule has 0 spiro atoms. The van der Waals surface area contributed by atoms with Crippen LogP contribution in [0.3, 0.4) is 0 Å². The van der Waals surface area contributed by atoms with Crippen molar-refractivity contribution >= 4 is 35.7 Å². The lowest BCUT2D eigenvalue weighted by Gasteiger charge is -2.31. The number of nitrogens with two attached hydrogens (primary N) is 1. The van der Waals surface area contributed by atoms with Gasteiger partial charge in [0.05, 0.1) is 5.54 Å². The number of anilines is 2. The molecule has 6 nitrogen and oxygen atoms in total. The first kappa shape index (κ1) is 18.3. The number of carbonyl (C=O) groups is 2. The topological polar surface area (TPSA) is 96.2 Å². The summed E-state index contributed by atoms with van der Waals surface area (Å²) in [5, 5.41) is 7.98. The Kier molecular flexibility index (Phi) is 6.64. The fraction of sp³-hybridized carbons (Fsp3) is 0.467. The Labute approximate surface area is 136 Å². The zero-order valence-electron chi connectivity index (χ0n) is 12.6. The molecule has 1 aliphatic carbocycles. The van der Waals surface area contributed by atoms with Crippen LogP contribution < -0.4 is 21.7 Å². The van der Waals surface area contributed by atoms with Gasteiger partial charge in [-0.05, 0) is 31.0 Å². The highest BCUT2D eigenvalue weighted by molar-refractivity contribution is 5.98. The Balaban J connectivity index is 0.00000242. The molecule has 0 saturated heterocycles. The van der Waals surface area contributed by atoms with Gasteiger partial charge in [-0.15, -0.1) is 12.4 Å². The van der Waals surface area contributed by atoms with Gasteiger partial charge in [0.15, 0.2) is 0 Å². The smallest absolute Gasteiger partial charge is 0.318 e. The molecule has 1 aromatic carbocycles. The number of urea groups is 1. The zero-order valence-corrected chi connectivity index (χ0v) is 13.5. The van der Waals surface area contributed by atoms with Crippen molar-refractivity contribution in [2.45, 2.75) is 37.6 Å². The molecule has 22 heavy (non-hydrogen) atoms. The van der Waals surface area contributed by atoms with Crippen LogP contribution in [-0.4, -0.2) is 24.5 Å². The summed E-state index contributed by atoms with van der Waals surface area (Å²) in [5.41, 5.74) is 6.67. The van der Waals surface area contributed by atoms with Crippen molar-refractivity contribution in [2.75, 3.05) is 17.7 Å². The summed E-state index contributed by atoms with van der Waals surface area (Å²) in [6.45, 7) is 0. The molecule has 5 N–H and O–H groups in total. The molecule has 7 heteroatoms. The van der Waals surface area contributed by atoms with Gasteiger partial charge in [0.25, 0.3) is 0 Å². The standard InChI is InChI=1S/C15H22N4O2.ClH/c1-17-14(21)19-12-7-5-6-11(10-12)18-13(20)15(16)8-3-2-4-9-15;/h5-7,10H,2-4,8-9,16H2,1H3,(H,18,20)(H2,17,19,21);1H. The number of amides is 3. The third-order valence-corrected chi connectivity index (χ3v) is 3.80. The van der Waals surface area contributed by atoms with Crippen LogP contribution in [0.15, 0.2) is 24.3 Å². The van der Waals surface area contributed by atoms with E-state index in [1.807, 2.05) is 0 Å². The van der Waals surface area contributed by atoms with Crippen LogP contribution in [0.1, 0.15) is 32.1 Å². The number of halogens is 1. The number of hydrogen-bond donors (Lipinski definition) is 4. The van der Waals surface area contributed by atoms with E-state index < -0.39 is 5.54 Å². The molecule has 1 aromatic rings. The fourth-order valence-corrected chi connectivity index (χ4v) is 2.53. The zero-order chi connectivity index (χ0) is 15.3. The van der Waals surface area contributed by atoms with E-state index in [0.29, 0.717) is 11.4 Å². The van der Waals surface area contributed by atoms with E-state index >= 15 is 0 Å². The molecule has 0 aliphatic heterocycles. The predicted molar refractivity (Wildman–Crippen MR) is 90.4 cm³/mol. The van der Waals surface area contributed by atoms with Crippen molar-refractivity contribution < 1.29 is 9.59 Å². The summed E-state index contributed by atoms with van der Waals surface area (Å²) in [4.78, 5) is 23.6. The second-order valence-corrected chi connectivity index (χ2v) is 5.46. The van der Waals surface area contributed by atoms with Gasteiger partial charge in [-0.1, -0.05) is 25.3 Å². The Bertz CT molecular complexity index is 530. The molecule has 2 rings (SSSR count). The number of carbonyl (C=O) groups excluding carboxylic acids is 2. The lowest BCUT2D eigenvalue weighted by atomic mass is 9.82. The molecule has 0 aromatic heterocycles. The van der Waals surface area contributed by atoms with Crippen molar-refractivity contribution in [1.82, 2.24) is 5.32 Å². The highest BCUT2D eigenvalue weighted by Gasteiger charge is 2.35. The Hall–Kier alpha value is -1.79. The summed E-state index contributed by atoms with van der Waals surface area (Å²) >= 11 is 0. The van der Waals surface area contributed by atoms with E-state index in [0.717, 1.165) is 32.1 Å². The minimum Gasteiger partial charge on any atom is -0.341 e. The third kappa shape index (κ3) is 4.61. The van der Waals surface area contributed by atoms with Crippen LogP contribution >= 0.6 is 12.4 Å². The van der Waals surface area contributed by atoms with Crippen LogP contribution in [0.25, 0.3) is 0 Å². The monoisotopic (exact) mass is 326 g/mol. The van der Waals surface area contributed by atoms with Gasteiger partial charge in [0.2, 0.25) is 5.91 Å². The molecule has 0 atom stereocenters. The first-order valence-corrected chi connectivity index (χ1v) is 7.23. The van der Waals surface area contributed by atoms with Gasteiger partial charge in [0.1, 0.15) is 0 Å². The number of nitrogens with one attached hydrogen (secondary N) is 3. The average Bonchev–Trinajstić information content (AvgIpc) is 2.48. The van der Waals surface area contributed by atoms with Gasteiger partial charge in [-0.2, -0.15) is 0 Å². The molecule has 3 amide bonds. The highest BCUT2D eigenvalue weighted by Crippen LogP contribution is 2.27. The van der Waals surface area contributed by atoms with Crippen molar-refractivity contribution in [2.24, 2.45) is 5.73 Å². The number of hydrogen-bond acceptors (Lipinski definition) is 3. The average molecular weight is 327 g/mol. The van der Waals surface area contributed by atoms with Crippen molar-refractivity contribution in [1.29, 1.82) is 0 Å². The maximum Gasteiger partial charge on any atom is 0.318 e. The third-order valence-electron chi connectivity index (χ3n) is 3.80. The van der Waals surface area contributed by atoms with Crippen molar-refractivity contribution in [3.8, 4) is 0 Å². The van der Waals surface area contributed by atoms with Crippen LogP contribution in [0.5, 0.6) is 0 Å². The van der Waals surface area contributed by atoms with Crippen molar-refractivity contribution in [3.05, 3.63) is 24.3 Å².